The van der Waals surface area contributed by atoms with Crippen molar-refractivity contribution in [2.75, 3.05) is 19.7 Å². The molecule has 1 saturated carbocycles. The van der Waals surface area contributed by atoms with Crippen molar-refractivity contribution in [2.45, 2.75) is 45.6 Å². The molecule has 1 amide bonds. The van der Waals surface area contributed by atoms with Gasteiger partial charge in [0.15, 0.2) is 0 Å². The summed E-state index contributed by atoms with van der Waals surface area (Å²) in [6, 6.07) is 0. The smallest absolute Gasteiger partial charge is 0.410 e. The number of aliphatic hydroxyl groups excluding tert-OH is 1. The van der Waals surface area contributed by atoms with Crippen LogP contribution in [0.3, 0.4) is 0 Å². The maximum Gasteiger partial charge on any atom is 0.410 e. The van der Waals surface area contributed by atoms with Crippen LogP contribution in [0.5, 0.6) is 0 Å². The van der Waals surface area contributed by atoms with Crippen molar-refractivity contribution in [3.05, 3.63) is 0 Å². The zero-order valence-electron chi connectivity index (χ0n) is 11.7. The molecule has 0 spiro atoms. The lowest BCUT2D eigenvalue weighted by molar-refractivity contribution is -0.00656. The van der Waals surface area contributed by atoms with Gasteiger partial charge in [-0.1, -0.05) is 0 Å². The van der Waals surface area contributed by atoms with Gasteiger partial charge in [-0.3, -0.25) is 0 Å². The molecule has 104 valence electrons. The van der Waals surface area contributed by atoms with Gasteiger partial charge < -0.3 is 14.7 Å². The van der Waals surface area contributed by atoms with Gasteiger partial charge in [-0.25, -0.2) is 4.79 Å². The van der Waals surface area contributed by atoms with E-state index in [1.165, 1.54) is 6.42 Å². The van der Waals surface area contributed by atoms with Crippen LogP contribution in [0.1, 0.15) is 40.0 Å². The molecule has 4 nitrogen and oxygen atoms in total. The zero-order valence-corrected chi connectivity index (χ0v) is 11.7. The molecule has 1 aliphatic carbocycles. The van der Waals surface area contributed by atoms with Gasteiger partial charge in [0.1, 0.15) is 5.60 Å². The summed E-state index contributed by atoms with van der Waals surface area (Å²) in [5.74, 6) is 1.53. The van der Waals surface area contributed by atoms with E-state index in [4.69, 9.17) is 4.74 Å². The number of hydrogen-bond donors (Lipinski definition) is 1. The summed E-state index contributed by atoms with van der Waals surface area (Å²) in [4.78, 5) is 13.9. The average molecular weight is 255 g/mol. The van der Waals surface area contributed by atoms with Crippen LogP contribution in [0.2, 0.25) is 0 Å². The third-order valence-corrected chi connectivity index (χ3v) is 3.87. The van der Waals surface area contributed by atoms with Crippen LogP contribution in [0.25, 0.3) is 0 Å². The highest BCUT2D eigenvalue weighted by molar-refractivity contribution is 5.68. The normalized spacial score (nSPS) is 32.2. The van der Waals surface area contributed by atoms with Crippen molar-refractivity contribution in [1.82, 2.24) is 4.90 Å². The second-order valence-electron chi connectivity index (χ2n) is 6.87. The molecule has 0 aromatic carbocycles. The van der Waals surface area contributed by atoms with Crippen molar-refractivity contribution < 1.29 is 14.6 Å². The third-order valence-electron chi connectivity index (χ3n) is 3.87. The molecule has 18 heavy (non-hydrogen) atoms. The molecule has 2 aliphatic rings. The van der Waals surface area contributed by atoms with E-state index in [1.807, 2.05) is 25.7 Å². The number of aliphatic hydroxyl groups is 1. The Morgan fingerprint density at radius 3 is 2.22 bits per heavy atom. The number of carbonyl (C=O) groups excluding carboxylic acids is 1. The summed E-state index contributed by atoms with van der Waals surface area (Å²) in [5.41, 5.74) is -0.419. The number of amides is 1. The fourth-order valence-electron chi connectivity index (χ4n) is 3.32. The fourth-order valence-corrected chi connectivity index (χ4v) is 3.32. The molecule has 0 aromatic heterocycles. The zero-order chi connectivity index (χ0) is 13.3. The third kappa shape index (κ3) is 3.37. The van der Waals surface area contributed by atoms with Gasteiger partial charge in [-0.15, -0.1) is 0 Å². The molecule has 0 unspecified atom stereocenters. The molecule has 1 heterocycles. The van der Waals surface area contributed by atoms with Crippen LogP contribution < -0.4 is 0 Å². The van der Waals surface area contributed by atoms with Crippen molar-refractivity contribution in [2.24, 2.45) is 17.8 Å². The number of hydrogen-bond acceptors (Lipinski definition) is 3. The summed E-state index contributed by atoms with van der Waals surface area (Å²) >= 11 is 0. The molecule has 1 N–H and O–H groups in total. The average Bonchev–Trinajstić information content (AvgIpc) is 2.25. The first-order valence-electron chi connectivity index (χ1n) is 6.96. The molecule has 2 atom stereocenters. The van der Waals surface area contributed by atoms with Gasteiger partial charge in [0.05, 0.1) is 0 Å². The standard InChI is InChI=1S/C14H25NO3/c1-14(2,3)18-13(17)15-7-10-4-11(8-15)6-12(5-10)9-16/h10-12,16H,4-9H2,1-3H3/t10-,11-/m1/s1. The number of rotatable bonds is 1. The van der Waals surface area contributed by atoms with E-state index >= 15 is 0 Å². The van der Waals surface area contributed by atoms with Crippen molar-refractivity contribution in [1.29, 1.82) is 0 Å². The van der Waals surface area contributed by atoms with Crippen LogP contribution in [-0.4, -0.2) is 41.4 Å². The van der Waals surface area contributed by atoms with Crippen LogP contribution in [0.15, 0.2) is 0 Å². The Kier molecular flexibility index (Phi) is 3.85. The monoisotopic (exact) mass is 255 g/mol. The summed E-state index contributed by atoms with van der Waals surface area (Å²) in [6.45, 7) is 7.58. The largest absolute Gasteiger partial charge is 0.444 e. The number of nitrogens with zero attached hydrogens (tertiary/aromatic N) is 1. The first-order valence-corrected chi connectivity index (χ1v) is 6.96. The van der Waals surface area contributed by atoms with Crippen LogP contribution >= 0.6 is 0 Å². The van der Waals surface area contributed by atoms with E-state index in [0.29, 0.717) is 24.4 Å². The number of piperidine rings is 1. The Labute approximate surface area is 109 Å². The lowest BCUT2D eigenvalue weighted by Gasteiger charge is -2.44. The Balaban J connectivity index is 1.92. The predicted molar refractivity (Wildman–Crippen MR) is 69.2 cm³/mol. The Morgan fingerprint density at radius 2 is 1.78 bits per heavy atom. The Morgan fingerprint density at radius 1 is 1.22 bits per heavy atom. The predicted octanol–water partition coefficient (Wildman–Crippen LogP) is 2.26. The van der Waals surface area contributed by atoms with Crippen LogP contribution in [0.4, 0.5) is 4.79 Å². The van der Waals surface area contributed by atoms with E-state index in [-0.39, 0.29) is 6.09 Å². The maximum absolute atomic E-state index is 12.1. The molecule has 0 radical (unpaired) electrons. The molecule has 0 aromatic rings. The molecule has 2 fully saturated rings. The molecule has 1 saturated heterocycles. The van der Waals surface area contributed by atoms with E-state index in [9.17, 15) is 9.90 Å². The number of fused-ring (bicyclic) bond motifs is 2. The SMILES string of the molecule is CC(C)(C)OC(=O)N1C[C@H]2CC(CO)C[C@@H](C2)C1. The minimum absolute atomic E-state index is 0.181. The minimum atomic E-state index is -0.419. The van der Waals surface area contributed by atoms with E-state index in [1.54, 1.807) is 0 Å². The van der Waals surface area contributed by atoms with Crippen LogP contribution in [0, 0.1) is 17.8 Å². The molecule has 4 heteroatoms. The lowest BCUT2D eigenvalue weighted by atomic mass is 9.73. The van der Waals surface area contributed by atoms with Gasteiger partial charge in [-0.2, -0.15) is 0 Å². The molecule has 1 aliphatic heterocycles. The second kappa shape index (κ2) is 5.08. The summed E-state index contributed by atoms with van der Waals surface area (Å²) in [5, 5.41) is 9.27. The van der Waals surface area contributed by atoms with Crippen molar-refractivity contribution in [3.63, 3.8) is 0 Å². The summed E-state index contributed by atoms with van der Waals surface area (Å²) < 4.78 is 5.43. The Bertz CT molecular complexity index is 297. The van der Waals surface area contributed by atoms with E-state index < -0.39 is 5.60 Å². The molecular weight excluding hydrogens is 230 g/mol. The van der Waals surface area contributed by atoms with Gasteiger partial charge >= 0.3 is 6.09 Å². The first kappa shape index (κ1) is 13.7. The lowest BCUT2D eigenvalue weighted by Crippen LogP contribution is -2.49. The number of carbonyl (C=O) groups is 1. The number of ether oxygens (including phenoxy) is 1. The summed E-state index contributed by atoms with van der Waals surface area (Å²) in [6.07, 6.45) is 3.12. The minimum Gasteiger partial charge on any atom is -0.444 e. The van der Waals surface area contributed by atoms with E-state index in [2.05, 4.69) is 0 Å². The first-order chi connectivity index (χ1) is 8.37. The highest BCUT2D eigenvalue weighted by atomic mass is 16.6. The van der Waals surface area contributed by atoms with Gasteiger partial charge in [0, 0.05) is 19.7 Å². The van der Waals surface area contributed by atoms with Gasteiger partial charge in [0.2, 0.25) is 0 Å². The van der Waals surface area contributed by atoms with Gasteiger partial charge in [0.25, 0.3) is 0 Å². The van der Waals surface area contributed by atoms with Crippen molar-refractivity contribution in [3.8, 4) is 0 Å². The topological polar surface area (TPSA) is 49.8 Å². The van der Waals surface area contributed by atoms with Gasteiger partial charge in [-0.05, 0) is 57.8 Å². The second-order valence-corrected chi connectivity index (χ2v) is 6.87. The summed E-state index contributed by atoms with van der Waals surface area (Å²) in [7, 11) is 0. The molecular formula is C14H25NO3. The highest BCUT2D eigenvalue weighted by Crippen LogP contribution is 2.38. The van der Waals surface area contributed by atoms with E-state index in [0.717, 1.165) is 25.9 Å². The maximum atomic E-state index is 12.1. The highest BCUT2D eigenvalue weighted by Gasteiger charge is 2.37. The van der Waals surface area contributed by atoms with Crippen LogP contribution in [-0.2, 0) is 4.74 Å². The molecule has 2 rings (SSSR count). The number of likely N-dealkylation sites (tertiary alicyclic amines) is 1. The Hall–Kier alpha value is -0.770. The molecule has 2 bridgehead atoms. The fraction of sp³-hybridized carbons (Fsp3) is 0.929. The quantitative estimate of drug-likeness (QED) is 0.782. The van der Waals surface area contributed by atoms with Crippen molar-refractivity contribution >= 4 is 6.09 Å².